The van der Waals surface area contributed by atoms with Crippen LogP contribution in [0.3, 0.4) is 0 Å². The Hall–Kier alpha value is 1.44. The molecule has 6 rings (SSSR count). The van der Waals surface area contributed by atoms with Crippen LogP contribution in [-0.2, 0) is 0 Å². The van der Waals surface area contributed by atoms with Crippen LogP contribution in [0.15, 0.2) is 0 Å². The molecule has 0 nitrogen and oxygen atoms in total. The van der Waals surface area contributed by atoms with Crippen LogP contribution in [0.2, 0.25) is 0 Å². The zero-order valence-electron chi connectivity index (χ0n) is 7.54. The summed E-state index contributed by atoms with van der Waals surface area (Å²) in [6.07, 6.45) is 1.55. The summed E-state index contributed by atoms with van der Waals surface area (Å²) in [5.74, 6) is 8.23. The van der Waals surface area contributed by atoms with Gasteiger partial charge in [-0.3, -0.25) is 0 Å². The summed E-state index contributed by atoms with van der Waals surface area (Å²) in [7, 11) is 0. The summed E-state index contributed by atoms with van der Waals surface area (Å²) in [5, 5.41) is 0. The quantitative estimate of drug-likeness (QED) is 0.561. The van der Waals surface area contributed by atoms with Gasteiger partial charge in [-0.15, -0.1) is 0 Å². The van der Waals surface area contributed by atoms with Crippen molar-refractivity contribution in [2.45, 2.75) is 14.5 Å². The van der Waals surface area contributed by atoms with Crippen molar-refractivity contribution in [1.82, 2.24) is 0 Å². The fraction of sp³-hybridized carbons (Fsp3) is 1.00. The van der Waals surface area contributed by atoms with Gasteiger partial charge in [0.15, 0.2) is 0 Å². The lowest BCUT2D eigenvalue weighted by atomic mass is 9.71. The van der Waals surface area contributed by atoms with E-state index < -0.39 is 0 Å². The van der Waals surface area contributed by atoms with Gasteiger partial charge in [0.2, 0.25) is 0 Å². The Kier molecular flexibility index (Phi) is 1.26. The predicted molar refractivity (Wildman–Crippen MR) is 65.8 cm³/mol. The van der Waals surface area contributed by atoms with E-state index in [4.69, 9.17) is 0 Å². The predicted octanol–water partition coefficient (Wildman–Crippen LogP) is 3.62. The van der Waals surface area contributed by atoms with Gasteiger partial charge in [-0.05, 0) is 53.8 Å². The third kappa shape index (κ3) is 0.551. The lowest BCUT2D eigenvalue weighted by Crippen LogP contribution is -2.30. The lowest BCUT2D eigenvalue weighted by molar-refractivity contribution is 0.132. The van der Waals surface area contributed by atoms with Gasteiger partial charge in [0, 0.05) is 4.83 Å². The lowest BCUT2D eigenvalue weighted by Gasteiger charge is -2.33. The molecule has 6 bridgehead atoms. The first-order valence-corrected chi connectivity index (χ1v) is 8.16. The molecule has 0 aromatic carbocycles. The van der Waals surface area contributed by atoms with Crippen LogP contribution >= 0.6 is 47.8 Å². The van der Waals surface area contributed by atoms with E-state index >= 15 is 0 Å². The van der Waals surface area contributed by atoms with Crippen LogP contribution in [-0.4, -0.2) is 8.06 Å². The molecule has 0 aromatic rings. The zero-order valence-corrected chi connectivity index (χ0v) is 12.3. The SMILES string of the molecule is Br[C@H]1[C@@H]2[C@@H]3[C@@H]4C[C@H]5[C@@H]([C@@H]14)[C@@H]2C(Br)(Br)[C@@H]53. The van der Waals surface area contributed by atoms with Gasteiger partial charge >= 0.3 is 0 Å². The van der Waals surface area contributed by atoms with E-state index in [2.05, 4.69) is 47.8 Å². The van der Waals surface area contributed by atoms with Crippen LogP contribution in [0.25, 0.3) is 0 Å². The third-order valence-corrected chi connectivity index (χ3v) is 9.58. The van der Waals surface area contributed by atoms with Gasteiger partial charge in [-0.25, -0.2) is 0 Å². The highest BCUT2D eigenvalue weighted by Crippen LogP contribution is 2.88. The molecular weight excluding hydrogens is 372 g/mol. The molecule has 6 aliphatic rings. The summed E-state index contributed by atoms with van der Waals surface area (Å²) < 4.78 is 0.330. The van der Waals surface area contributed by atoms with Crippen LogP contribution in [0.1, 0.15) is 6.42 Å². The highest BCUT2D eigenvalue weighted by atomic mass is 79.9. The molecule has 3 heteroatoms. The van der Waals surface area contributed by atoms with Gasteiger partial charge in [-0.1, -0.05) is 47.8 Å². The molecule has 0 spiro atoms. The Labute approximate surface area is 109 Å². The van der Waals surface area contributed by atoms with E-state index in [0.717, 1.165) is 52.2 Å². The van der Waals surface area contributed by atoms with Crippen molar-refractivity contribution in [2.75, 3.05) is 0 Å². The molecule has 0 aromatic heterocycles. The van der Waals surface area contributed by atoms with Crippen LogP contribution in [0.5, 0.6) is 0 Å². The smallest absolute Gasteiger partial charge is 0.0873 e. The Morgan fingerprint density at radius 2 is 1.57 bits per heavy atom. The average Bonchev–Trinajstić information content (AvgIpc) is 2.79. The second kappa shape index (κ2) is 2.08. The highest BCUT2D eigenvalue weighted by Gasteiger charge is 2.86. The van der Waals surface area contributed by atoms with Crippen molar-refractivity contribution < 1.29 is 0 Å². The van der Waals surface area contributed by atoms with Crippen LogP contribution in [0.4, 0.5) is 0 Å². The Bertz CT molecular complexity index is 350. The van der Waals surface area contributed by atoms with Gasteiger partial charge in [0.1, 0.15) is 0 Å². The van der Waals surface area contributed by atoms with E-state index in [1.807, 2.05) is 0 Å². The normalized spacial score (nSPS) is 78.6. The molecular formula is C11H11Br3. The van der Waals surface area contributed by atoms with Gasteiger partial charge < -0.3 is 0 Å². The minimum absolute atomic E-state index is 0.330. The summed E-state index contributed by atoms with van der Waals surface area (Å²) >= 11 is 12.0. The third-order valence-electron chi connectivity index (χ3n) is 6.25. The fourth-order valence-corrected chi connectivity index (χ4v) is 10.4. The Balaban J connectivity index is 1.85. The number of rotatable bonds is 0. The largest absolute Gasteiger partial charge is 0.0884 e. The number of halogens is 3. The van der Waals surface area contributed by atoms with Gasteiger partial charge in [0.25, 0.3) is 0 Å². The summed E-state index contributed by atoms with van der Waals surface area (Å²) in [6, 6.07) is 0. The van der Waals surface area contributed by atoms with Crippen LogP contribution in [0, 0.1) is 47.3 Å². The minimum atomic E-state index is 0.330. The molecule has 76 valence electrons. The van der Waals surface area contributed by atoms with Crippen molar-refractivity contribution in [3.8, 4) is 0 Å². The monoisotopic (exact) mass is 380 g/mol. The number of hydrogen-bond acceptors (Lipinski definition) is 0. The van der Waals surface area contributed by atoms with E-state index in [-0.39, 0.29) is 0 Å². The molecule has 9 atom stereocenters. The molecule has 6 saturated carbocycles. The molecule has 0 N–H and O–H groups in total. The molecule has 6 aliphatic carbocycles. The summed E-state index contributed by atoms with van der Waals surface area (Å²) in [6.45, 7) is 0. The topological polar surface area (TPSA) is 0 Å². The maximum atomic E-state index is 4.01. The van der Waals surface area contributed by atoms with Crippen molar-refractivity contribution >= 4 is 47.8 Å². The Morgan fingerprint density at radius 1 is 0.857 bits per heavy atom. The molecule has 0 aliphatic heterocycles. The fourth-order valence-electron chi connectivity index (χ4n) is 6.47. The average molecular weight is 383 g/mol. The number of alkyl halides is 3. The minimum Gasteiger partial charge on any atom is -0.0884 e. The standard InChI is InChI=1S/C11H11Br3/c12-10-6-2-1-3-5(6)9-7(10)4(2)8(3)11(9,13)14/h2-10H,1H2/t2-,3-,4-,5-,6-,7+,8-,9-,10+/m0/s1. The van der Waals surface area contributed by atoms with Gasteiger partial charge in [-0.2, -0.15) is 0 Å². The molecule has 0 unspecified atom stereocenters. The molecule has 0 radical (unpaired) electrons. The maximum Gasteiger partial charge on any atom is 0.0873 e. The summed E-state index contributed by atoms with van der Waals surface area (Å²) in [5.41, 5.74) is 0. The Morgan fingerprint density at radius 3 is 2.29 bits per heavy atom. The van der Waals surface area contributed by atoms with Crippen molar-refractivity contribution in [1.29, 1.82) is 0 Å². The molecule has 0 amide bonds. The molecule has 0 saturated heterocycles. The first-order valence-electron chi connectivity index (χ1n) is 5.66. The zero-order chi connectivity index (χ0) is 9.40. The van der Waals surface area contributed by atoms with Crippen LogP contribution < -0.4 is 0 Å². The number of hydrogen-bond donors (Lipinski definition) is 0. The second-order valence-electron chi connectivity index (χ2n) is 6.04. The molecule has 14 heavy (non-hydrogen) atoms. The van der Waals surface area contributed by atoms with Crippen molar-refractivity contribution in [2.24, 2.45) is 47.3 Å². The highest BCUT2D eigenvalue weighted by molar-refractivity contribution is 9.25. The van der Waals surface area contributed by atoms with Gasteiger partial charge in [0.05, 0.1) is 3.23 Å². The van der Waals surface area contributed by atoms with E-state index in [9.17, 15) is 0 Å². The van der Waals surface area contributed by atoms with E-state index in [1.165, 1.54) is 0 Å². The van der Waals surface area contributed by atoms with E-state index in [0.29, 0.717) is 3.23 Å². The summed E-state index contributed by atoms with van der Waals surface area (Å²) in [4.78, 5) is 0.861. The first kappa shape index (κ1) is 8.52. The second-order valence-corrected chi connectivity index (χ2v) is 10.8. The van der Waals surface area contributed by atoms with Crippen molar-refractivity contribution in [3.05, 3.63) is 0 Å². The first-order chi connectivity index (χ1) is 6.64. The maximum absolute atomic E-state index is 4.01. The molecule has 6 fully saturated rings. The molecule has 0 heterocycles. The van der Waals surface area contributed by atoms with Crippen molar-refractivity contribution in [3.63, 3.8) is 0 Å². The van der Waals surface area contributed by atoms with E-state index in [1.54, 1.807) is 6.42 Å².